The van der Waals surface area contributed by atoms with Gasteiger partial charge in [-0.25, -0.2) is 9.07 Å². The maximum absolute atomic E-state index is 13.7. The Labute approximate surface area is 166 Å². The van der Waals surface area contributed by atoms with Crippen LogP contribution in [0.2, 0.25) is 4.34 Å². The van der Waals surface area contributed by atoms with Crippen molar-refractivity contribution in [3.8, 4) is 5.69 Å². The Kier molecular flexibility index (Phi) is 5.71. The summed E-state index contributed by atoms with van der Waals surface area (Å²) in [5, 5.41) is 6.97. The van der Waals surface area contributed by atoms with Gasteiger partial charge >= 0.3 is 6.18 Å². The van der Waals surface area contributed by atoms with Crippen molar-refractivity contribution in [2.24, 2.45) is 0 Å². The SMILES string of the molecule is CCN(Cc1ccc(Cl)s1)C(=O)c1nnn(-c2ccc(F)cc2)c1C(F)(F)F. The molecule has 28 heavy (non-hydrogen) atoms. The lowest BCUT2D eigenvalue weighted by Crippen LogP contribution is -2.32. The fraction of sp³-hybridized carbons (Fsp3) is 0.235. The van der Waals surface area contributed by atoms with Crippen LogP contribution in [0.25, 0.3) is 5.69 Å². The van der Waals surface area contributed by atoms with Crippen LogP contribution in [0.3, 0.4) is 0 Å². The molecule has 0 spiro atoms. The maximum Gasteiger partial charge on any atom is 0.435 e. The second-order valence-electron chi connectivity index (χ2n) is 5.70. The number of hydrogen-bond donors (Lipinski definition) is 0. The van der Waals surface area contributed by atoms with E-state index in [0.717, 1.165) is 29.1 Å². The number of thiophene rings is 1. The molecule has 0 saturated heterocycles. The van der Waals surface area contributed by atoms with Crippen LogP contribution in [0, 0.1) is 5.82 Å². The van der Waals surface area contributed by atoms with Crippen molar-refractivity contribution < 1.29 is 22.4 Å². The Morgan fingerprint density at radius 3 is 2.43 bits per heavy atom. The van der Waals surface area contributed by atoms with Gasteiger partial charge in [0.1, 0.15) is 5.82 Å². The number of carbonyl (C=O) groups excluding carboxylic acids is 1. The number of aromatic nitrogens is 3. The third-order valence-corrected chi connectivity index (χ3v) is 5.07. The molecule has 0 radical (unpaired) electrons. The Morgan fingerprint density at radius 2 is 1.89 bits per heavy atom. The lowest BCUT2D eigenvalue weighted by molar-refractivity contribution is -0.143. The molecule has 0 bridgehead atoms. The highest BCUT2D eigenvalue weighted by Crippen LogP contribution is 2.33. The van der Waals surface area contributed by atoms with Gasteiger partial charge in [0.15, 0.2) is 11.4 Å². The van der Waals surface area contributed by atoms with Crippen molar-refractivity contribution >= 4 is 28.8 Å². The Morgan fingerprint density at radius 1 is 1.21 bits per heavy atom. The summed E-state index contributed by atoms with van der Waals surface area (Å²) in [6, 6.07) is 7.58. The number of nitrogens with zero attached hydrogens (tertiary/aromatic N) is 4. The van der Waals surface area contributed by atoms with Crippen molar-refractivity contribution in [1.82, 2.24) is 19.9 Å². The van der Waals surface area contributed by atoms with Crippen LogP contribution in [0.4, 0.5) is 17.6 Å². The van der Waals surface area contributed by atoms with Crippen LogP contribution >= 0.6 is 22.9 Å². The highest BCUT2D eigenvalue weighted by molar-refractivity contribution is 7.16. The number of alkyl halides is 3. The Hall–Kier alpha value is -2.46. The molecule has 0 aliphatic rings. The topological polar surface area (TPSA) is 51.0 Å². The third-order valence-electron chi connectivity index (χ3n) is 3.86. The minimum absolute atomic E-state index is 0.0617. The lowest BCUT2D eigenvalue weighted by Gasteiger charge is -2.20. The highest BCUT2D eigenvalue weighted by Gasteiger charge is 2.42. The zero-order chi connectivity index (χ0) is 20.5. The molecule has 148 valence electrons. The molecular weight excluding hydrogens is 420 g/mol. The van der Waals surface area contributed by atoms with Crippen LogP contribution in [-0.2, 0) is 12.7 Å². The predicted octanol–water partition coefficient (Wildman–Crippen LogP) is 4.80. The molecule has 3 aromatic rings. The molecule has 11 heteroatoms. The first kappa shape index (κ1) is 20.3. The van der Waals surface area contributed by atoms with E-state index >= 15 is 0 Å². The predicted molar refractivity (Wildman–Crippen MR) is 96.1 cm³/mol. The van der Waals surface area contributed by atoms with E-state index in [0.29, 0.717) is 9.02 Å². The van der Waals surface area contributed by atoms with Crippen LogP contribution < -0.4 is 0 Å². The summed E-state index contributed by atoms with van der Waals surface area (Å²) >= 11 is 7.09. The smallest absolute Gasteiger partial charge is 0.332 e. The second kappa shape index (κ2) is 7.88. The van der Waals surface area contributed by atoms with Gasteiger partial charge in [0.2, 0.25) is 0 Å². The normalized spacial score (nSPS) is 11.6. The monoisotopic (exact) mass is 432 g/mol. The molecule has 0 fully saturated rings. The minimum atomic E-state index is -4.89. The average Bonchev–Trinajstić information content (AvgIpc) is 3.26. The van der Waals surface area contributed by atoms with Gasteiger partial charge < -0.3 is 4.90 Å². The molecule has 0 saturated carbocycles. The molecule has 0 N–H and O–H groups in total. The minimum Gasteiger partial charge on any atom is -0.332 e. The number of hydrogen-bond acceptors (Lipinski definition) is 4. The number of benzene rings is 1. The van der Waals surface area contributed by atoms with Crippen LogP contribution in [0.5, 0.6) is 0 Å². The summed E-state index contributed by atoms with van der Waals surface area (Å²) in [7, 11) is 0. The summed E-state index contributed by atoms with van der Waals surface area (Å²) in [5.74, 6) is -1.52. The second-order valence-corrected chi connectivity index (χ2v) is 7.50. The van der Waals surface area contributed by atoms with Gasteiger partial charge in [-0.15, -0.1) is 16.4 Å². The molecule has 0 atom stereocenters. The molecule has 1 amide bonds. The van der Waals surface area contributed by atoms with Crippen LogP contribution in [0.15, 0.2) is 36.4 Å². The largest absolute Gasteiger partial charge is 0.435 e. The van der Waals surface area contributed by atoms with Gasteiger partial charge in [-0.3, -0.25) is 4.79 Å². The molecule has 3 rings (SSSR count). The van der Waals surface area contributed by atoms with Crippen molar-refractivity contribution in [3.63, 3.8) is 0 Å². The van der Waals surface area contributed by atoms with E-state index in [2.05, 4.69) is 10.3 Å². The quantitative estimate of drug-likeness (QED) is 0.544. The Bertz CT molecular complexity index is 984. The highest BCUT2D eigenvalue weighted by atomic mass is 35.5. The maximum atomic E-state index is 13.7. The summed E-state index contributed by atoms with van der Waals surface area (Å²) in [6.45, 7) is 1.90. The van der Waals surface area contributed by atoms with Crippen molar-refractivity contribution in [2.45, 2.75) is 19.6 Å². The number of halogens is 5. The fourth-order valence-corrected chi connectivity index (χ4v) is 3.65. The van der Waals surface area contributed by atoms with E-state index in [1.54, 1.807) is 19.1 Å². The summed E-state index contributed by atoms with van der Waals surface area (Å²) < 4.78 is 55.2. The Balaban J connectivity index is 2.00. The van der Waals surface area contributed by atoms with Gasteiger partial charge in [-0.05, 0) is 43.3 Å². The van der Waals surface area contributed by atoms with Crippen molar-refractivity contribution in [1.29, 1.82) is 0 Å². The number of carbonyl (C=O) groups is 1. The van der Waals surface area contributed by atoms with E-state index in [-0.39, 0.29) is 18.8 Å². The molecule has 0 unspecified atom stereocenters. The molecule has 2 heterocycles. The zero-order valence-electron chi connectivity index (χ0n) is 14.4. The lowest BCUT2D eigenvalue weighted by atomic mass is 10.2. The molecule has 2 aromatic heterocycles. The molecule has 1 aromatic carbocycles. The van der Waals surface area contributed by atoms with E-state index in [1.807, 2.05) is 0 Å². The fourth-order valence-electron chi connectivity index (χ4n) is 2.55. The molecule has 5 nitrogen and oxygen atoms in total. The first-order valence-electron chi connectivity index (χ1n) is 8.03. The van der Waals surface area contributed by atoms with E-state index in [9.17, 15) is 22.4 Å². The first-order chi connectivity index (χ1) is 13.2. The molecule has 0 aliphatic carbocycles. The van der Waals surface area contributed by atoms with Crippen molar-refractivity contribution in [3.05, 3.63) is 62.8 Å². The van der Waals surface area contributed by atoms with Gasteiger partial charge in [0.25, 0.3) is 5.91 Å². The van der Waals surface area contributed by atoms with Gasteiger partial charge in [0.05, 0.1) is 16.6 Å². The molecular formula is C17H13ClF4N4OS. The standard InChI is InChI=1S/C17H13ClF4N4OS/c1-2-25(9-12-7-8-13(18)28-12)16(27)14-15(17(20,21)22)26(24-23-14)11-5-3-10(19)4-6-11/h3-8H,2,9H2,1H3. The van der Waals surface area contributed by atoms with Gasteiger partial charge in [0, 0.05) is 11.4 Å². The summed E-state index contributed by atoms with van der Waals surface area (Å²) in [4.78, 5) is 14.7. The van der Waals surface area contributed by atoms with Gasteiger partial charge in [-0.1, -0.05) is 16.8 Å². The third kappa shape index (κ3) is 4.17. The molecule has 0 aliphatic heterocycles. The zero-order valence-corrected chi connectivity index (χ0v) is 15.9. The van der Waals surface area contributed by atoms with E-state index in [4.69, 9.17) is 11.6 Å². The summed E-state index contributed by atoms with van der Waals surface area (Å²) in [6.07, 6.45) is -4.89. The van der Waals surface area contributed by atoms with E-state index < -0.39 is 29.3 Å². The van der Waals surface area contributed by atoms with Crippen molar-refractivity contribution in [2.75, 3.05) is 6.54 Å². The van der Waals surface area contributed by atoms with Crippen LogP contribution in [-0.4, -0.2) is 32.3 Å². The van der Waals surface area contributed by atoms with E-state index in [1.165, 1.54) is 16.2 Å². The average molecular weight is 433 g/mol. The number of amides is 1. The van der Waals surface area contributed by atoms with Crippen LogP contribution in [0.1, 0.15) is 28.0 Å². The summed E-state index contributed by atoms with van der Waals surface area (Å²) in [5.41, 5.74) is -2.19. The number of rotatable bonds is 5. The van der Waals surface area contributed by atoms with Gasteiger partial charge in [-0.2, -0.15) is 13.2 Å². The first-order valence-corrected chi connectivity index (χ1v) is 9.22.